The molecule has 118 valence electrons. The van der Waals surface area contributed by atoms with E-state index in [-0.39, 0.29) is 12.2 Å². The largest absolute Gasteiger partial charge is 0.435 e. The van der Waals surface area contributed by atoms with Crippen molar-refractivity contribution in [3.8, 4) is 0 Å². The molecule has 0 N–H and O–H groups in total. The van der Waals surface area contributed by atoms with Crippen LogP contribution in [0.25, 0.3) is 0 Å². The van der Waals surface area contributed by atoms with E-state index in [0.717, 1.165) is 5.56 Å². The van der Waals surface area contributed by atoms with E-state index in [0.29, 0.717) is 13.1 Å². The lowest BCUT2D eigenvalue weighted by Crippen LogP contribution is -2.43. The van der Waals surface area contributed by atoms with Gasteiger partial charge in [0.1, 0.15) is 0 Å². The second-order valence-electron chi connectivity index (χ2n) is 5.45. The van der Waals surface area contributed by atoms with E-state index >= 15 is 0 Å². The molecule has 0 fully saturated rings. The molecule has 22 heavy (non-hydrogen) atoms. The maximum absolute atomic E-state index is 12.4. The van der Waals surface area contributed by atoms with Gasteiger partial charge >= 0.3 is 6.09 Å². The van der Waals surface area contributed by atoms with Crippen LogP contribution >= 0.6 is 0 Å². The number of nitrogens with zero attached hydrogens (tertiary/aromatic N) is 1. The zero-order valence-corrected chi connectivity index (χ0v) is 13.2. The maximum Gasteiger partial charge on any atom is 0.411 e. The van der Waals surface area contributed by atoms with Crippen molar-refractivity contribution in [1.29, 1.82) is 0 Å². The minimum Gasteiger partial charge on any atom is -0.435 e. The molecule has 0 spiro atoms. The predicted molar refractivity (Wildman–Crippen MR) is 87.7 cm³/mol. The third-order valence-corrected chi connectivity index (χ3v) is 3.18. The first-order valence-corrected chi connectivity index (χ1v) is 7.17. The van der Waals surface area contributed by atoms with Gasteiger partial charge in [0.2, 0.25) is 0 Å². The zero-order valence-electron chi connectivity index (χ0n) is 13.2. The molecule has 0 atom stereocenters. The predicted octanol–water partition coefficient (Wildman–Crippen LogP) is 3.39. The molecule has 0 aliphatic carbocycles. The Kier molecular flexibility index (Phi) is 6.57. The summed E-state index contributed by atoms with van der Waals surface area (Å²) in [5.41, 5.74) is -0.293. The van der Waals surface area contributed by atoms with Crippen LogP contribution in [-0.2, 0) is 16.0 Å². The summed E-state index contributed by atoms with van der Waals surface area (Å²) in [6, 6.07) is 9.38. The van der Waals surface area contributed by atoms with Gasteiger partial charge in [0, 0.05) is 19.5 Å². The van der Waals surface area contributed by atoms with Crippen LogP contribution in [0.3, 0.4) is 0 Å². The Morgan fingerprint density at radius 2 is 1.68 bits per heavy atom. The highest BCUT2D eigenvalue weighted by Gasteiger charge is 2.33. The molecule has 1 amide bonds. The van der Waals surface area contributed by atoms with Crippen LogP contribution in [0.1, 0.15) is 19.4 Å². The van der Waals surface area contributed by atoms with E-state index in [2.05, 4.69) is 13.2 Å². The van der Waals surface area contributed by atoms with Gasteiger partial charge in [-0.3, -0.25) is 4.79 Å². The van der Waals surface area contributed by atoms with E-state index < -0.39 is 11.7 Å². The highest BCUT2D eigenvalue weighted by atomic mass is 16.6. The average Bonchev–Trinajstić information content (AvgIpc) is 2.47. The second kappa shape index (κ2) is 8.17. The third kappa shape index (κ3) is 5.20. The summed E-state index contributed by atoms with van der Waals surface area (Å²) in [4.78, 5) is 26.0. The Morgan fingerprint density at radius 3 is 2.18 bits per heavy atom. The number of ether oxygens (including phenoxy) is 1. The molecular formula is C18H23NO3. The first-order chi connectivity index (χ1) is 10.4. The second-order valence-corrected chi connectivity index (χ2v) is 5.45. The molecule has 0 aliphatic heterocycles. The summed E-state index contributed by atoms with van der Waals surface area (Å²) in [6.07, 6.45) is 2.88. The van der Waals surface area contributed by atoms with Crippen molar-refractivity contribution in [3.63, 3.8) is 0 Å². The standard InChI is InChI=1S/C18H23NO3/c1-5-12-19(13-6-2)17(21)22-18(3,4)16(20)14-15-10-8-7-9-11-15/h5-11H,1-2,12-14H2,3-4H3. The molecule has 0 unspecified atom stereocenters. The molecule has 0 heterocycles. The molecule has 0 saturated carbocycles. The fourth-order valence-electron chi connectivity index (χ4n) is 1.87. The molecule has 4 nitrogen and oxygen atoms in total. The normalized spacial score (nSPS) is 10.6. The number of benzene rings is 1. The van der Waals surface area contributed by atoms with Crippen molar-refractivity contribution < 1.29 is 14.3 Å². The van der Waals surface area contributed by atoms with Gasteiger partial charge in [-0.05, 0) is 19.4 Å². The molecule has 4 heteroatoms. The van der Waals surface area contributed by atoms with Crippen molar-refractivity contribution in [2.45, 2.75) is 25.9 Å². The molecule has 0 saturated heterocycles. The van der Waals surface area contributed by atoms with E-state index in [1.54, 1.807) is 26.0 Å². The van der Waals surface area contributed by atoms with Gasteiger partial charge < -0.3 is 9.64 Å². The number of amides is 1. The summed E-state index contributed by atoms with van der Waals surface area (Å²) in [5, 5.41) is 0. The van der Waals surface area contributed by atoms with Crippen molar-refractivity contribution in [2.75, 3.05) is 13.1 Å². The minimum absolute atomic E-state index is 0.149. The highest BCUT2D eigenvalue weighted by molar-refractivity contribution is 5.90. The zero-order chi connectivity index (χ0) is 16.6. The summed E-state index contributed by atoms with van der Waals surface area (Å²) >= 11 is 0. The molecule has 0 aliphatic rings. The molecule has 0 bridgehead atoms. The van der Waals surface area contributed by atoms with Crippen LogP contribution < -0.4 is 0 Å². The van der Waals surface area contributed by atoms with Crippen LogP contribution in [0.4, 0.5) is 4.79 Å². The lowest BCUT2D eigenvalue weighted by molar-refractivity contribution is -0.134. The summed E-state index contributed by atoms with van der Waals surface area (Å²) in [7, 11) is 0. The SMILES string of the molecule is C=CCN(CC=C)C(=O)OC(C)(C)C(=O)Cc1ccccc1. The van der Waals surface area contributed by atoms with Crippen LogP contribution in [0.2, 0.25) is 0 Å². The molecule has 1 aromatic rings. The Balaban J connectivity index is 2.71. The fourth-order valence-corrected chi connectivity index (χ4v) is 1.87. The number of hydrogen-bond donors (Lipinski definition) is 0. The van der Waals surface area contributed by atoms with Crippen molar-refractivity contribution >= 4 is 11.9 Å². The van der Waals surface area contributed by atoms with E-state index in [1.165, 1.54) is 4.90 Å². The Morgan fingerprint density at radius 1 is 1.14 bits per heavy atom. The van der Waals surface area contributed by atoms with Gasteiger partial charge in [-0.2, -0.15) is 0 Å². The number of Topliss-reactive ketones (excluding diaryl/α,β-unsaturated/α-hetero) is 1. The van der Waals surface area contributed by atoms with Gasteiger partial charge in [-0.1, -0.05) is 42.5 Å². The molecule has 0 aromatic heterocycles. The summed E-state index contributed by atoms with van der Waals surface area (Å²) in [5.74, 6) is -0.149. The van der Waals surface area contributed by atoms with Crippen molar-refractivity contribution in [1.82, 2.24) is 4.90 Å². The third-order valence-electron chi connectivity index (χ3n) is 3.18. The smallest absolute Gasteiger partial charge is 0.411 e. The number of ketones is 1. The van der Waals surface area contributed by atoms with Gasteiger partial charge in [0.25, 0.3) is 0 Å². The van der Waals surface area contributed by atoms with Crippen LogP contribution in [0.5, 0.6) is 0 Å². The van der Waals surface area contributed by atoms with E-state index in [4.69, 9.17) is 4.74 Å². The highest BCUT2D eigenvalue weighted by Crippen LogP contribution is 2.16. The number of rotatable bonds is 8. The maximum atomic E-state index is 12.4. The Hall–Kier alpha value is -2.36. The number of carbonyl (C=O) groups is 2. The van der Waals surface area contributed by atoms with Gasteiger partial charge in [-0.25, -0.2) is 4.79 Å². The summed E-state index contributed by atoms with van der Waals surface area (Å²) < 4.78 is 5.38. The Bertz CT molecular complexity index is 525. The monoisotopic (exact) mass is 301 g/mol. The molecular weight excluding hydrogens is 278 g/mol. The van der Waals surface area contributed by atoms with Crippen molar-refractivity contribution in [3.05, 3.63) is 61.2 Å². The number of hydrogen-bond acceptors (Lipinski definition) is 3. The van der Waals surface area contributed by atoms with Crippen LogP contribution in [-0.4, -0.2) is 35.5 Å². The number of carbonyl (C=O) groups excluding carboxylic acids is 2. The topological polar surface area (TPSA) is 46.6 Å². The summed E-state index contributed by atoms with van der Waals surface area (Å²) in [6.45, 7) is 11.1. The molecule has 1 aromatic carbocycles. The molecule has 0 radical (unpaired) electrons. The minimum atomic E-state index is -1.19. The van der Waals surface area contributed by atoms with E-state index in [9.17, 15) is 9.59 Å². The van der Waals surface area contributed by atoms with Gasteiger partial charge in [0.15, 0.2) is 11.4 Å². The fraction of sp³-hybridized carbons (Fsp3) is 0.333. The van der Waals surface area contributed by atoms with Crippen molar-refractivity contribution in [2.24, 2.45) is 0 Å². The first-order valence-electron chi connectivity index (χ1n) is 7.17. The molecule has 1 rings (SSSR count). The lowest BCUT2D eigenvalue weighted by atomic mass is 9.97. The first kappa shape index (κ1) is 17.7. The quantitative estimate of drug-likeness (QED) is 0.691. The Labute approximate surface area is 132 Å². The lowest BCUT2D eigenvalue weighted by Gasteiger charge is -2.28. The van der Waals surface area contributed by atoms with Crippen LogP contribution in [0, 0.1) is 0 Å². The van der Waals surface area contributed by atoms with E-state index in [1.807, 2.05) is 30.3 Å². The average molecular weight is 301 g/mol. The van der Waals surface area contributed by atoms with Gasteiger partial charge in [0.05, 0.1) is 0 Å². The van der Waals surface area contributed by atoms with Gasteiger partial charge in [-0.15, -0.1) is 13.2 Å². The van der Waals surface area contributed by atoms with Crippen LogP contribution in [0.15, 0.2) is 55.6 Å².